The van der Waals surface area contributed by atoms with E-state index in [2.05, 4.69) is 11.1 Å². The SMILES string of the molecule is Cc1ccc(N=Cc2cc3c(cc2O)OC(N)=C(C#N)C3c2cccc(F)c2)cc1. The fourth-order valence-electron chi connectivity index (χ4n) is 3.42. The highest BCUT2D eigenvalue weighted by Gasteiger charge is 2.31. The van der Waals surface area contributed by atoms with Gasteiger partial charge in [-0.1, -0.05) is 29.8 Å². The van der Waals surface area contributed by atoms with Crippen molar-refractivity contribution in [3.8, 4) is 17.6 Å². The van der Waals surface area contributed by atoms with Crippen molar-refractivity contribution in [2.75, 3.05) is 0 Å². The summed E-state index contributed by atoms with van der Waals surface area (Å²) in [5.41, 5.74) is 9.57. The van der Waals surface area contributed by atoms with Crippen LogP contribution in [0.15, 0.2) is 77.1 Å². The zero-order valence-corrected chi connectivity index (χ0v) is 16.1. The summed E-state index contributed by atoms with van der Waals surface area (Å²) in [5.74, 6) is -0.848. The van der Waals surface area contributed by atoms with E-state index in [0.29, 0.717) is 22.4 Å². The van der Waals surface area contributed by atoms with Crippen molar-refractivity contribution in [3.05, 3.63) is 100 Å². The van der Waals surface area contributed by atoms with Gasteiger partial charge in [0.2, 0.25) is 5.88 Å². The molecule has 1 unspecified atom stereocenters. The standard InChI is InChI=1S/C24H18FN3O2/c1-14-5-7-18(8-6-14)28-13-16-10-19-22(11-21(16)29)30-24(27)20(12-26)23(19)15-3-2-4-17(25)9-15/h2-11,13,23,29H,27H2,1H3. The molecular formula is C24H18FN3O2. The fourth-order valence-corrected chi connectivity index (χ4v) is 3.42. The summed E-state index contributed by atoms with van der Waals surface area (Å²) in [7, 11) is 0. The average molecular weight is 399 g/mol. The van der Waals surface area contributed by atoms with Gasteiger partial charge in [-0.2, -0.15) is 5.26 Å². The Morgan fingerprint density at radius 1 is 1.17 bits per heavy atom. The van der Waals surface area contributed by atoms with Crippen molar-refractivity contribution in [3.63, 3.8) is 0 Å². The van der Waals surface area contributed by atoms with Gasteiger partial charge in [-0.15, -0.1) is 0 Å². The summed E-state index contributed by atoms with van der Waals surface area (Å²) < 4.78 is 19.4. The molecule has 0 aliphatic carbocycles. The summed E-state index contributed by atoms with van der Waals surface area (Å²) in [6.45, 7) is 1.99. The second-order valence-corrected chi connectivity index (χ2v) is 7.02. The van der Waals surface area contributed by atoms with E-state index in [1.54, 1.807) is 18.2 Å². The average Bonchev–Trinajstić information content (AvgIpc) is 2.72. The van der Waals surface area contributed by atoms with Crippen molar-refractivity contribution in [1.29, 1.82) is 5.26 Å². The molecule has 6 heteroatoms. The second kappa shape index (κ2) is 7.72. The van der Waals surface area contributed by atoms with E-state index < -0.39 is 11.7 Å². The van der Waals surface area contributed by atoms with Gasteiger partial charge in [0.05, 0.1) is 11.6 Å². The Hall–Kier alpha value is -4.11. The number of aryl methyl sites for hydroxylation is 1. The molecule has 0 bridgehead atoms. The van der Waals surface area contributed by atoms with E-state index >= 15 is 0 Å². The maximum absolute atomic E-state index is 13.9. The normalized spacial score (nSPS) is 15.6. The zero-order chi connectivity index (χ0) is 21.3. The number of hydrogen-bond donors (Lipinski definition) is 2. The number of allylic oxidation sites excluding steroid dienone is 1. The maximum Gasteiger partial charge on any atom is 0.205 e. The third-order valence-electron chi connectivity index (χ3n) is 4.93. The van der Waals surface area contributed by atoms with Gasteiger partial charge in [0, 0.05) is 23.4 Å². The highest BCUT2D eigenvalue weighted by molar-refractivity contribution is 5.86. The van der Waals surface area contributed by atoms with Crippen LogP contribution in [0.3, 0.4) is 0 Å². The molecule has 1 atom stereocenters. The van der Waals surface area contributed by atoms with Crippen molar-refractivity contribution >= 4 is 11.9 Å². The number of aliphatic imine (C=N–C) groups is 1. The molecule has 1 aliphatic heterocycles. The lowest BCUT2D eigenvalue weighted by atomic mass is 9.83. The molecular weight excluding hydrogens is 381 g/mol. The number of nitrogens with two attached hydrogens (primary N) is 1. The minimum absolute atomic E-state index is 0.0455. The third-order valence-corrected chi connectivity index (χ3v) is 4.93. The van der Waals surface area contributed by atoms with Crippen molar-refractivity contribution < 1.29 is 14.2 Å². The number of phenolic OH excluding ortho intramolecular Hbond substituents is 1. The number of nitriles is 1. The summed E-state index contributed by atoms with van der Waals surface area (Å²) in [4.78, 5) is 4.41. The van der Waals surface area contributed by atoms with Gasteiger partial charge >= 0.3 is 0 Å². The molecule has 0 saturated heterocycles. The molecule has 1 aliphatic rings. The van der Waals surface area contributed by atoms with Crippen LogP contribution < -0.4 is 10.5 Å². The lowest BCUT2D eigenvalue weighted by molar-refractivity contribution is 0.388. The molecule has 1 heterocycles. The number of halogens is 1. The Balaban J connectivity index is 1.82. The van der Waals surface area contributed by atoms with Crippen LogP contribution in [-0.2, 0) is 0 Å². The number of benzene rings is 3. The molecule has 0 spiro atoms. The van der Waals surface area contributed by atoms with Gasteiger partial charge in [-0.3, -0.25) is 4.99 Å². The van der Waals surface area contributed by atoms with Gasteiger partial charge in [0.25, 0.3) is 0 Å². The molecule has 4 rings (SSSR count). The van der Waals surface area contributed by atoms with Crippen LogP contribution in [0.4, 0.5) is 10.1 Å². The largest absolute Gasteiger partial charge is 0.507 e. The van der Waals surface area contributed by atoms with Gasteiger partial charge in [-0.05, 0) is 42.8 Å². The number of ether oxygens (including phenoxy) is 1. The zero-order valence-electron chi connectivity index (χ0n) is 16.1. The minimum atomic E-state index is -0.624. The fraction of sp³-hybridized carbons (Fsp3) is 0.0833. The predicted molar refractivity (Wildman–Crippen MR) is 112 cm³/mol. The maximum atomic E-state index is 13.9. The van der Waals surface area contributed by atoms with Crippen LogP contribution in [0.1, 0.15) is 28.2 Å². The monoisotopic (exact) mass is 399 g/mol. The second-order valence-electron chi connectivity index (χ2n) is 7.02. The Bertz CT molecular complexity index is 1220. The number of phenols is 1. The van der Waals surface area contributed by atoms with Crippen LogP contribution in [0.2, 0.25) is 0 Å². The predicted octanol–water partition coefficient (Wildman–Crippen LogP) is 4.81. The minimum Gasteiger partial charge on any atom is -0.507 e. The summed E-state index contributed by atoms with van der Waals surface area (Å²) in [5, 5.41) is 20.1. The molecule has 0 aromatic heterocycles. The summed E-state index contributed by atoms with van der Waals surface area (Å²) in [6, 6.07) is 18.8. The Morgan fingerprint density at radius 2 is 1.93 bits per heavy atom. The van der Waals surface area contributed by atoms with Crippen molar-refractivity contribution in [1.82, 2.24) is 0 Å². The van der Waals surface area contributed by atoms with Crippen LogP contribution in [0, 0.1) is 24.1 Å². The molecule has 3 aromatic carbocycles. The van der Waals surface area contributed by atoms with E-state index in [9.17, 15) is 14.8 Å². The van der Waals surface area contributed by atoms with Gasteiger partial charge in [0.15, 0.2) is 0 Å². The van der Waals surface area contributed by atoms with E-state index in [1.165, 1.54) is 24.4 Å². The molecule has 0 fully saturated rings. The molecule has 30 heavy (non-hydrogen) atoms. The van der Waals surface area contributed by atoms with E-state index in [4.69, 9.17) is 10.5 Å². The first-order valence-electron chi connectivity index (χ1n) is 9.27. The third kappa shape index (κ3) is 3.61. The molecule has 3 N–H and O–H groups in total. The van der Waals surface area contributed by atoms with Gasteiger partial charge < -0.3 is 15.6 Å². The number of fused-ring (bicyclic) bond motifs is 1. The van der Waals surface area contributed by atoms with E-state index in [0.717, 1.165) is 11.3 Å². The lowest BCUT2D eigenvalue weighted by Gasteiger charge is -2.27. The number of rotatable bonds is 3. The quantitative estimate of drug-likeness (QED) is 0.619. The van der Waals surface area contributed by atoms with E-state index in [-0.39, 0.29) is 17.2 Å². The van der Waals surface area contributed by atoms with Gasteiger partial charge in [0.1, 0.15) is 29.0 Å². The first kappa shape index (κ1) is 19.2. The Labute approximate surface area is 173 Å². The van der Waals surface area contributed by atoms with E-state index in [1.807, 2.05) is 31.2 Å². The lowest BCUT2D eigenvalue weighted by Crippen LogP contribution is -2.21. The van der Waals surface area contributed by atoms with Crippen molar-refractivity contribution in [2.45, 2.75) is 12.8 Å². The summed E-state index contributed by atoms with van der Waals surface area (Å²) in [6.07, 6.45) is 1.54. The Kier molecular flexibility index (Phi) is 4.95. The van der Waals surface area contributed by atoms with Crippen LogP contribution in [0.5, 0.6) is 11.5 Å². The first-order valence-corrected chi connectivity index (χ1v) is 9.27. The Morgan fingerprint density at radius 3 is 2.63 bits per heavy atom. The number of aromatic hydroxyl groups is 1. The molecule has 0 saturated carbocycles. The first-order chi connectivity index (χ1) is 14.5. The highest BCUT2D eigenvalue weighted by atomic mass is 19.1. The molecule has 5 nitrogen and oxygen atoms in total. The number of hydrogen-bond acceptors (Lipinski definition) is 5. The molecule has 148 valence electrons. The smallest absolute Gasteiger partial charge is 0.205 e. The summed E-state index contributed by atoms with van der Waals surface area (Å²) >= 11 is 0. The van der Waals surface area contributed by atoms with Crippen LogP contribution in [0.25, 0.3) is 0 Å². The van der Waals surface area contributed by atoms with Crippen molar-refractivity contribution in [2.24, 2.45) is 10.7 Å². The molecule has 3 aromatic rings. The highest BCUT2D eigenvalue weighted by Crippen LogP contribution is 2.44. The molecule has 0 radical (unpaired) electrons. The number of nitrogens with zero attached hydrogens (tertiary/aromatic N) is 2. The van der Waals surface area contributed by atoms with Gasteiger partial charge in [-0.25, -0.2) is 4.39 Å². The topological polar surface area (TPSA) is 91.6 Å². The van der Waals surface area contributed by atoms with Crippen LogP contribution >= 0.6 is 0 Å². The van der Waals surface area contributed by atoms with Crippen LogP contribution in [-0.4, -0.2) is 11.3 Å². The molecule has 0 amide bonds.